The molecule has 0 saturated carbocycles. The lowest BCUT2D eigenvalue weighted by Crippen LogP contribution is -2.93. The van der Waals surface area contributed by atoms with E-state index < -0.39 is 16.1 Å². The van der Waals surface area contributed by atoms with E-state index in [1.54, 1.807) is 0 Å². The molecule has 15 aromatic rings. The predicted molar refractivity (Wildman–Crippen MR) is 330 cm³/mol. The van der Waals surface area contributed by atoms with Crippen molar-refractivity contribution >= 4 is 123 Å². The van der Waals surface area contributed by atoms with Gasteiger partial charge in [0.1, 0.15) is 0 Å². The molecule has 1 aliphatic heterocycles. The Morgan fingerprint density at radius 1 is 0.182 bits per heavy atom. The van der Waals surface area contributed by atoms with Gasteiger partial charge >= 0.3 is 0 Å². The van der Waals surface area contributed by atoms with E-state index in [1.165, 1.54) is 113 Å². The molecule has 360 valence electrons. The van der Waals surface area contributed by atoms with E-state index in [1.807, 2.05) is 0 Å². The van der Waals surface area contributed by atoms with Crippen molar-refractivity contribution in [3.8, 4) is 17.1 Å². The van der Waals surface area contributed by atoms with E-state index in [9.17, 15) is 0 Å². The first kappa shape index (κ1) is 43.8. The fourth-order valence-electron chi connectivity index (χ4n) is 14.1. The van der Waals surface area contributed by atoms with Crippen molar-refractivity contribution in [2.24, 2.45) is 0 Å². The molecule has 0 amide bonds. The third-order valence-corrected chi connectivity index (χ3v) is 27.2. The van der Waals surface area contributed by atoms with Crippen molar-refractivity contribution < 1.29 is 0 Å². The van der Waals surface area contributed by atoms with Crippen molar-refractivity contribution in [3.05, 3.63) is 297 Å². The Bertz CT molecular complexity index is 4480. The van der Waals surface area contributed by atoms with Crippen LogP contribution in [0.2, 0.25) is 0 Å². The van der Waals surface area contributed by atoms with Gasteiger partial charge < -0.3 is 13.7 Å². The van der Waals surface area contributed by atoms with Crippen molar-refractivity contribution in [2.75, 3.05) is 0 Å². The Balaban J connectivity index is 1.03. The van der Waals surface area contributed by atoms with Gasteiger partial charge in [-0.05, 0) is 114 Å². The Morgan fingerprint density at radius 3 is 0.688 bits per heavy atom. The molecule has 0 fully saturated rings. The van der Waals surface area contributed by atoms with Gasteiger partial charge in [0.05, 0.1) is 33.1 Å². The van der Waals surface area contributed by atoms with Crippen LogP contribution in [-0.4, -0.2) is 29.8 Å². The van der Waals surface area contributed by atoms with Crippen LogP contribution >= 0.6 is 0 Å². The number of fused-ring (bicyclic) bond motifs is 11. The number of rotatable bonds is 7. The third kappa shape index (κ3) is 6.12. The number of para-hydroxylation sites is 6. The van der Waals surface area contributed by atoms with Gasteiger partial charge in [-0.15, -0.1) is 0 Å². The van der Waals surface area contributed by atoms with E-state index in [-0.39, 0.29) is 0 Å². The SMILES string of the molecule is c1ccc([Si]2(c3cccc(-n4c5ccccc5c5ccccc54)c3)c3ccccc3[Si](c3cccc(-n4c5ccccc5c5ccccc54)c3)(c3cccc(-n4c5ccccc5c5ccccc54)c3)c3ccccc32)cc1. The molecule has 0 aliphatic carbocycles. The van der Waals surface area contributed by atoms with Crippen LogP contribution in [0.4, 0.5) is 0 Å². The molecule has 4 heterocycles. The molecular formula is C72H49N3Si2. The highest BCUT2D eigenvalue weighted by molar-refractivity contribution is 7.33. The highest BCUT2D eigenvalue weighted by Crippen LogP contribution is 2.35. The number of hydrogen-bond acceptors (Lipinski definition) is 0. The summed E-state index contributed by atoms with van der Waals surface area (Å²) in [6, 6.07) is 113. The standard InChI is InChI=1S/C72H49N3Si2/c1-2-26-53(27-3-1)76(54-28-20-23-50(47-54)73-63-37-10-4-31-57(63)58-32-5-11-38-64(58)73)69-43-16-18-45-71(69)77(72-46-19-17-44-70(72)76,55-29-21-24-51(48-55)74-65-39-12-6-33-59(65)60-34-7-13-40-66(60)74)56-30-22-25-52(49-56)75-67-41-14-8-35-61(67)62-36-9-15-42-68(62)75/h1-49H. The van der Waals surface area contributed by atoms with Crippen LogP contribution in [0.25, 0.3) is 82.5 Å². The smallest absolute Gasteiger partial charge is 0.179 e. The molecule has 0 bridgehead atoms. The molecule has 0 unspecified atom stereocenters. The first-order chi connectivity index (χ1) is 38.2. The van der Waals surface area contributed by atoms with Crippen molar-refractivity contribution in [2.45, 2.75) is 0 Å². The minimum atomic E-state index is -3.32. The van der Waals surface area contributed by atoms with Crippen LogP contribution in [0.3, 0.4) is 0 Å². The number of aromatic nitrogens is 3. The Labute approximate surface area is 448 Å². The minimum Gasteiger partial charge on any atom is -0.309 e. The maximum absolute atomic E-state index is 3.32. The molecule has 0 spiro atoms. The summed E-state index contributed by atoms with van der Waals surface area (Å²) in [7, 11) is -6.50. The maximum Gasteiger partial charge on any atom is 0.179 e. The predicted octanol–water partition coefficient (Wildman–Crippen LogP) is 12.0. The summed E-state index contributed by atoms with van der Waals surface area (Å²) >= 11 is 0. The zero-order valence-corrected chi connectivity index (χ0v) is 44.1. The fraction of sp³-hybridized carbons (Fsp3) is 0. The van der Waals surface area contributed by atoms with Gasteiger partial charge in [-0.1, -0.05) is 224 Å². The minimum absolute atomic E-state index is 1.16. The largest absolute Gasteiger partial charge is 0.309 e. The first-order valence-electron chi connectivity index (χ1n) is 26.8. The third-order valence-electron chi connectivity index (χ3n) is 17.0. The molecule has 0 radical (unpaired) electrons. The van der Waals surface area contributed by atoms with E-state index in [0.717, 1.165) is 11.4 Å². The second-order valence-electron chi connectivity index (χ2n) is 20.7. The fourth-order valence-corrected chi connectivity index (χ4v) is 26.2. The van der Waals surface area contributed by atoms with Crippen LogP contribution in [-0.2, 0) is 0 Å². The molecule has 3 aromatic heterocycles. The summed E-state index contributed by atoms with van der Waals surface area (Å²) in [6.07, 6.45) is 0. The molecule has 77 heavy (non-hydrogen) atoms. The number of benzene rings is 12. The van der Waals surface area contributed by atoms with Crippen LogP contribution in [0.15, 0.2) is 297 Å². The molecule has 16 rings (SSSR count). The molecular weight excluding hydrogens is 963 g/mol. The highest BCUT2D eigenvalue weighted by atomic mass is 28.3. The lowest BCUT2D eigenvalue weighted by atomic mass is 10.2. The van der Waals surface area contributed by atoms with Gasteiger partial charge in [0.15, 0.2) is 16.1 Å². The molecule has 0 N–H and O–H groups in total. The monoisotopic (exact) mass is 1010 g/mol. The lowest BCUT2D eigenvalue weighted by Gasteiger charge is -2.49. The van der Waals surface area contributed by atoms with Crippen molar-refractivity contribution in [3.63, 3.8) is 0 Å². The van der Waals surface area contributed by atoms with Crippen LogP contribution < -0.4 is 41.5 Å². The van der Waals surface area contributed by atoms with Gasteiger partial charge in [-0.25, -0.2) is 0 Å². The second-order valence-corrected chi connectivity index (χ2v) is 28.2. The Morgan fingerprint density at radius 2 is 0.403 bits per heavy atom. The average molecular weight is 1010 g/mol. The van der Waals surface area contributed by atoms with Crippen LogP contribution in [0.1, 0.15) is 0 Å². The molecule has 3 nitrogen and oxygen atoms in total. The summed E-state index contributed by atoms with van der Waals surface area (Å²) in [5.41, 5.74) is 10.7. The zero-order valence-electron chi connectivity index (χ0n) is 42.1. The first-order valence-corrected chi connectivity index (χ1v) is 30.8. The van der Waals surface area contributed by atoms with Crippen molar-refractivity contribution in [1.29, 1.82) is 0 Å². The van der Waals surface area contributed by atoms with Crippen LogP contribution in [0.5, 0.6) is 0 Å². The maximum atomic E-state index is 2.56. The number of hydrogen-bond donors (Lipinski definition) is 0. The summed E-state index contributed by atoms with van der Waals surface area (Å²) < 4.78 is 7.48. The Kier molecular flexibility index (Phi) is 9.68. The summed E-state index contributed by atoms with van der Waals surface area (Å²) in [5.74, 6) is 0. The van der Waals surface area contributed by atoms with Gasteiger partial charge in [-0.3, -0.25) is 0 Å². The molecule has 0 atom stereocenters. The Hall–Kier alpha value is -9.53. The average Bonchev–Trinajstić information content (AvgIpc) is 4.36. The van der Waals surface area contributed by atoms with Crippen LogP contribution in [0, 0.1) is 0 Å². The van der Waals surface area contributed by atoms with E-state index in [2.05, 4.69) is 311 Å². The number of nitrogens with zero attached hydrogens (tertiary/aromatic N) is 3. The topological polar surface area (TPSA) is 14.8 Å². The van der Waals surface area contributed by atoms with Gasteiger partial charge in [0, 0.05) is 49.4 Å². The van der Waals surface area contributed by atoms with Crippen molar-refractivity contribution in [1.82, 2.24) is 13.7 Å². The summed E-state index contributed by atoms with van der Waals surface area (Å²) in [5, 5.41) is 18.8. The van der Waals surface area contributed by atoms with Gasteiger partial charge in [0.25, 0.3) is 0 Å². The quantitative estimate of drug-likeness (QED) is 0.141. The molecule has 0 saturated heterocycles. The molecule has 1 aliphatic rings. The van der Waals surface area contributed by atoms with E-state index >= 15 is 0 Å². The summed E-state index contributed by atoms with van der Waals surface area (Å²) in [6.45, 7) is 0. The van der Waals surface area contributed by atoms with Gasteiger partial charge in [-0.2, -0.15) is 0 Å². The molecule has 5 heteroatoms. The normalized spacial score (nSPS) is 13.7. The molecule has 12 aromatic carbocycles. The lowest BCUT2D eigenvalue weighted by molar-refractivity contribution is 1.18. The van der Waals surface area contributed by atoms with E-state index in [4.69, 9.17) is 0 Å². The summed E-state index contributed by atoms with van der Waals surface area (Å²) in [4.78, 5) is 0. The second kappa shape index (κ2) is 17.0. The highest BCUT2D eigenvalue weighted by Gasteiger charge is 2.56. The van der Waals surface area contributed by atoms with E-state index in [0.29, 0.717) is 0 Å². The zero-order chi connectivity index (χ0) is 50.7. The van der Waals surface area contributed by atoms with Gasteiger partial charge in [0.2, 0.25) is 0 Å².